The first-order valence-electron chi connectivity index (χ1n) is 5.60. The van der Waals surface area contributed by atoms with Crippen LogP contribution in [-0.2, 0) is 9.47 Å². The van der Waals surface area contributed by atoms with Crippen LogP contribution in [0.3, 0.4) is 0 Å². The number of piperidine rings is 1. The van der Waals surface area contributed by atoms with Crippen LogP contribution < -0.4 is 5.73 Å². The molecule has 0 radical (unpaired) electrons. The number of methoxy groups -OCH3 is 1. The Morgan fingerprint density at radius 3 is 2.50 bits per heavy atom. The fourth-order valence-electron chi connectivity index (χ4n) is 1.75. The van der Waals surface area contributed by atoms with E-state index in [-0.39, 0.29) is 18.2 Å². The highest BCUT2D eigenvalue weighted by atomic mass is 16.6. The standard InChI is InChI=1S/C11H22N2O3/c1-11(2,3)16-10(14)13-6-5-9(15-4)8(12)7-13/h8-9H,5-7,12H2,1-4H3/t8?,9-/m1/s1. The predicted molar refractivity (Wildman–Crippen MR) is 61.2 cm³/mol. The van der Waals surface area contributed by atoms with Gasteiger partial charge in [-0.1, -0.05) is 0 Å². The van der Waals surface area contributed by atoms with Gasteiger partial charge >= 0.3 is 6.09 Å². The maximum atomic E-state index is 11.8. The molecule has 0 aromatic rings. The molecule has 0 aliphatic carbocycles. The molecule has 1 aliphatic heterocycles. The SMILES string of the molecule is CO[C@@H]1CCN(C(=O)OC(C)(C)C)CC1N. The molecule has 1 fully saturated rings. The number of rotatable bonds is 1. The number of likely N-dealkylation sites (tertiary alicyclic amines) is 1. The lowest BCUT2D eigenvalue weighted by Crippen LogP contribution is -2.54. The maximum absolute atomic E-state index is 11.8. The van der Waals surface area contributed by atoms with Gasteiger partial charge in [0.25, 0.3) is 0 Å². The normalized spacial score (nSPS) is 26.7. The number of amides is 1. The first-order chi connectivity index (χ1) is 7.33. The predicted octanol–water partition coefficient (Wildman–Crippen LogP) is 0.970. The van der Waals surface area contributed by atoms with Gasteiger partial charge in [0.15, 0.2) is 0 Å². The zero-order chi connectivity index (χ0) is 12.3. The van der Waals surface area contributed by atoms with Gasteiger partial charge in [-0.05, 0) is 27.2 Å². The molecule has 5 nitrogen and oxygen atoms in total. The van der Waals surface area contributed by atoms with E-state index in [1.54, 1.807) is 12.0 Å². The Balaban J connectivity index is 2.48. The average Bonchev–Trinajstić information content (AvgIpc) is 2.15. The molecular weight excluding hydrogens is 208 g/mol. The topological polar surface area (TPSA) is 64.8 Å². The van der Waals surface area contributed by atoms with E-state index in [4.69, 9.17) is 15.2 Å². The Hall–Kier alpha value is -0.810. The summed E-state index contributed by atoms with van der Waals surface area (Å²) in [6.07, 6.45) is 0.507. The van der Waals surface area contributed by atoms with Gasteiger partial charge in [0, 0.05) is 26.2 Å². The lowest BCUT2D eigenvalue weighted by atomic mass is 10.0. The number of ether oxygens (including phenoxy) is 2. The Kier molecular flexibility index (Phi) is 4.15. The van der Waals surface area contributed by atoms with Crippen LogP contribution in [0.15, 0.2) is 0 Å². The van der Waals surface area contributed by atoms with Crippen LogP contribution in [-0.4, -0.2) is 48.9 Å². The van der Waals surface area contributed by atoms with Crippen LogP contribution in [0.25, 0.3) is 0 Å². The Morgan fingerprint density at radius 2 is 2.06 bits per heavy atom. The molecular formula is C11H22N2O3. The van der Waals surface area contributed by atoms with Crippen molar-refractivity contribution in [2.45, 2.75) is 44.9 Å². The quantitative estimate of drug-likeness (QED) is 0.729. The molecule has 94 valence electrons. The van der Waals surface area contributed by atoms with Crippen molar-refractivity contribution in [3.8, 4) is 0 Å². The van der Waals surface area contributed by atoms with Gasteiger partial charge < -0.3 is 20.1 Å². The molecule has 0 bridgehead atoms. The number of carbonyl (C=O) groups excluding carboxylic acids is 1. The summed E-state index contributed by atoms with van der Waals surface area (Å²) in [6, 6.07) is -0.133. The summed E-state index contributed by atoms with van der Waals surface area (Å²) in [5, 5.41) is 0. The van der Waals surface area contributed by atoms with Crippen molar-refractivity contribution < 1.29 is 14.3 Å². The van der Waals surface area contributed by atoms with E-state index in [1.165, 1.54) is 0 Å². The molecule has 5 heteroatoms. The van der Waals surface area contributed by atoms with E-state index in [0.29, 0.717) is 13.1 Å². The Morgan fingerprint density at radius 1 is 1.44 bits per heavy atom. The highest BCUT2D eigenvalue weighted by Crippen LogP contribution is 2.16. The molecule has 0 spiro atoms. The van der Waals surface area contributed by atoms with Crippen LogP contribution in [0.2, 0.25) is 0 Å². The monoisotopic (exact) mass is 230 g/mol. The number of nitrogens with zero attached hydrogens (tertiary/aromatic N) is 1. The van der Waals surface area contributed by atoms with Crippen LogP contribution >= 0.6 is 0 Å². The summed E-state index contributed by atoms with van der Waals surface area (Å²) in [5.41, 5.74) is 5.45. The minimum Gasteiger partial charge on any atom is -0.444 e. The fraction of sp³-hybridized carbons (Fsp3) is 0.909. The van der Waals surface area contributed by atoms with Crippen molar-refractivity contribution in [2.75, 3.05) is 20.2 Å². The fourth-order valence-corrected chi connectivity index (χ4v) is 1.75. The molecule has 1 rings (SSSR count). The summed E-state index contributed by atoms with van der Waals surface area (Å²) < 4.78 is 10.5. The molecule has 1 aliphatic rings. The molecule has 0 aromatic carbocycles. The zero-order valence-corrected chi connectivity index (χ0v) is 10.5. The lowest BCUT2D eigenvalue weighted by molar-refractivity contribution is -0.00573. The third-order valence-electron chi connectivity index (χ3n) is 2.55. The molecule has 0 saturated carbocycles. The zero-order valence-electron chi connectivity index (χ0n) is 10.5. The largest absolute Gasteiger partial charge is 0.444 e. The van der Waals surface area contributed by atoms with E-state index in [0.717, 1.165) is 6.42 Å². The molecule has 0 aromatic heterocycles. The van der Waals surface area contributed by atoms with Gasteiger partial charge in [-0.3, -0.25) is 0 Å². The van der Waals surface area contributed by atoms with Crippen molar-refractivity contribution in [1.29, 1.82) is 0 Å². The van der Waals surface area contributed by atoms with E-state index in [2.05, 4.69) is 0 Å². The molecule has 1 amide bonds. The minimum absolute atomic E-state index is 0.0405. The van der Waals surface area contributed by atoms with E-state index >= 15 is 0 Å². The number of carbonyl (C=O) groups is 1. The van der Waals surface area contributed by atoms with E-state index in [9.17, 15) is 4.79 Å². The second-order valence-electron chi connectivity index (χ2n) is 5.15. The van der Waals surface area contributed by atoms with Gasteiger partial charge in [0.2, 0.25) is 0 Å². The van der Waals surface area contributed by atoms with Crippen LogP contribution in [0.4, 0.5) is 4.79 Å². The number of nitrogens with two attached hydrogens (primary N) is 1. The van der Waals surface area contributed by atoms with Crippen LogP contribution in [0.1, 0.15) is 27.2 Å². The summed E-state index contributed by atoms with van der Waals surface area (Å²) >= 11 is 0. The van der Waals surface area contributed by atoms with Crippen molar-refractivity contribution in [1.82, 2.24) is 4.90 Å². The number of hydrogen-bond acceptors (Lipinski definition) is 4. The van der Waals surface area contributed by atoms with Crippen LogP contribution in [0.5, 0.6) is 0 Å². The first kappa shape index (κ1) is 13.3. The van der Waals surface area contributed by atoms with Gasteiger partial charge in [0.1, 0.15) is 5.60 Å². The molecule has 1 saturated heterocycles. The van der Waals surface area contributed by atoms with Gasteiger partial charge in [-0.2, -0.15) is 0 Å². The molecule has 1 heterocycles. The van der Waals surface area contributed by atoms with Gasteiger partial charge in [-0.15, -0.1) is 0 Å². The lowest BCUT2D eigenvalue weighted by Gasteiger charge is -2.36. The summed E-state index contributed by atoms with van der Waals surface area (Å²) in [6.45, 7) is 6.70. The highest BCUT2D eigenvalue weighted by molar-refractivity contribution is 5.68. The molecule has 2 atom stereocenters. The Bertz CT molecular complexity index is 250. The average molecular weight is 230 g/mol. The smallest absolute Gasteiger partial charge is 0.410 e. The second-order valence-corrected chi connectivity index (χ2v) is 5.15. The van der Waals surface area contributed by atoms with Crippen molar-refractivity contribution in [3.63, 3.8) is 0 Å². The van der Waals surface area contributed by atoms with Crippen molar-refractivity contribution in [2.24, 2.45) is 5.73 Å². The highest BCUT2D eigenvalue weighted by Gasteiger charge is 2.31. The maximum Gasteiger partial charge on any atom is 0.410 e. The molecule has 1 unspecified atom stereocenters. The summed E-state index contributed by atoms with van der Waals surface area (Å²) in [4.78, 5) is 13.4. The van der Waals surface area contributed by atoms with E-state index in [1.807, 2.05) is 20.8 Å². The summed E-state index contributed by atoms with van der Waals surface area (Å²) in [5.74, 6) is 0. The van der Waals surface area contributed by atoms with E-state index < -0.39 is 5.60 Å². The second kappa shape index (κ2) is 5.01. The van der Waals surface area contributed by atoms with Crippen LogP contribution in [0, 0.1) is 0 Å². The van der Waals surface area contributed by atoms with Gasteiger partial charge in [-0.25, -0.2) is 4.79 Å². The van der Waals surface area contributed by atoms with Crippen molar-refractivity contribution in [3.05, 3.63) is 0 Å². The van der Waals surface area contributed by atoms with Gasteiger partial charge in [0.05, 0.1) is 6.10 Å². The third kappa shape index (κ3) is 3.64. The Labute approximate surface area is 96.9 Å². The molecule has 16 heavy (non-hydrogen) atoms. The minimum atomic E-state index is -0.459. The molecule has 2 N–H and O–H groups in total. The first-order valence-corrected chi connectivity index (χ1v) is 5.60. The third-order valence-corrected chi connectivity index (χ3v) is 2.55. The number of hydrogen-bond donors (Lipinski definition) is 1. The summed E-state index contributed by atoms with van der Waals surface area (Å²) in [7, 11) is 1.65. The van der Waals surface area contributed by atoms with Crippen molar-refractivity contribution >= 4 is 6.09 Å².